The summed E-state index contributed by atoms with van der Waals surface area (Å²) in [7, 11) is -0.360. The molecule has 0 aromatic heterocycles. The summed E-state index contributed by atoms with van der Waals surface area (Å²) in [6.45, 7) is 33.5. The van der Waals surface area contributed by atoms with E-state index in [1.807, 2.05) is 115 Å². The highest BCUT2D eigenvalue weighted by Crippen LogP contribution is 2.49. The van der Waals surface area contributed by atoms with Gasteiger partial charge >= 0.3 is 12.4 Å². The Balaban J connectivity index is 0.000000232. The molecule has 0 atom stereocenters. The molecule has 2 nitrogen and oxygen atoms in total. The molecule has 10 rings (SSSR count). The molecule has 0 bridgehead atoms. The van der Waals surface area contributed by atoms with Crippen molar-refractivity contribution in [3.63, 3.8) is 0 Å². The molecule has 0 unspecified atom stereocenters. The highest BCUT2D eigenvalue weighted by Gasteiger charge is 2.41. The van der Waals surface area contributed by atoms with Crippen molar-refractivity contribution in [2.45, 2.75) is 121 Å². The fraction of sp³-hybridized carbons (Fsp3) is 0.333. The lowest BCUT2D eigenvalue weighted by Gasteiger charge is -2.31. The third kappa shape index (κ3) is 12.9. The van der Waals surface area contributed by atoms with Gasteiger partial charge in [0.1, 0.15) is 11.5 Å². The van der Waals surface area contributed by atoms with Gasteiger partial charge in [-0.2, -0.15) is 23.2 Å². The summed E-state index contributed by atoms with van der Waals surface area (Å²) < 4.78 is 12.1. The topological polar surface area (TPSA) is 18.5 Å². The zero-order valence-corrected chi connectivity index (χ0v) is 41.1. The molecular weight excluding hydrogens is 766 g/mol. The molecule has 6 heteroatoms. The lowest BCUT2D eigenvalue weighted by Crippen LogP contribution is -2.48. The molecule has 6 aromatic carbocycles. The summed E-state index contributed by atoms with van der Waals surface area (Å²) in [6, 6.07) is 47.0. The monoisotopic (exact) mass is 837 g/mol. The minimum Gasteiger partial charge on any atom is -0.521 e. The molecule has 0 fully saturated rings. The fourth-order valence-electron chi connectivity index (χ4n) is 6.49. The van der Waals surface area contributed by atoms with E-state index in [9.17, 15) is 0 Å². The van der Waals surface area contributed by atoms with Gasteiger partial charge in [-0.15, -0.1) is 0 Å². The molecule has 0 radical (unpaired) electrons. The van der Waals surface area contributed by atoms with E-state index < -0.39 is 0 Å². The van der Waals surface area contributed by atoms with E-state index in [1.165, 1.54) is 48.6 Å². The summed E-state index contributed by atoms with van der Waals surface area (Å²) >= 11 is 3.98. The zero-order valence-electron chi connectivity index (χ0n) is 39.5. The van der Waals surface area contributed by atoms with E-state index in [0.717, 1.165) is 28.1 Å². The largest absolute Gasteiger partial charge is 0.633 e. The van der Waals surface area contributed by atoms with Gasteiger partial charge in [0.15, 0.2) is 0 Å². The van der Waals surface area contributed by atoms with Crippen molar-refractivity contribution < 1.29 is 9.31 Å². The second kappa shape index (κ2) is 23.7. The standard InChI is InChI=1S/C18H11BO2.C18H11BS2.2C5H12.4C2H6/c2*1-3-10-16-12(6-1)14-8-5-9-15-13-7-2-4-11-17(13)21-19(20-16)18(14)15;2*1-5(2,3)4;4*1-2/h2*1-11H;2*1-4H3;4*1-2H3. The Bertz CT molecular complexity index is 1930. The van der Waals surface area contributed by atoms with Crippen LogP contribution in [0.5, 0.6) is 11.5 Å². The van der Waals surface area contributed by atoms with Crippen LogP contribution in [0.3, 0.4) is 0 Å². The van der Waals surface area contributed by atoms with Crippen LogP contribution in [0.2, 0.25) is 0 Å². The first-order valence-corrected chi connectivity index (χ1v) is 23.9. The Labute approximate surface area is 374 Å². The molecule has 6 aromatic rings. The van der Waals surface area contributed by atoms with Crippen LogP contribution in [-0.2, 0) is 0 Å². The summed E-state index contributed by atoms with van der Waals surface area (Å²) in [5, 5.41) is 0.473. The normalized spacial score (nSPS) is 12.1. The van der Waals surface area contributed by atoms with Crippen molar-refractivity contribution in [3.05, 3.63) is 133 Å². The average molecular weight is 837 g/mol. The van der Waals surface area contributed by atoms with E-state index in [2.05, 4.69) is 152 Å². The van der Waals surface area contributed by atoms with Crippen molar-refractivity contribution in [2.24, 2.45) is 10.8 Å². The van der Waals surface area contributed by atoms with E-state index in [4.69, 9.17) is 9.31 Å². The highest BCUT2D eigenvalue weighted by atomic mass is 32.2. The first-order valence-electron chi connectivity index (χ1n) is 22.1. The van der Waals surface area contributed by atoms with Gasteiger partial charge in [-0.3, -0.25) is 0 Å². The third-order valence-electron chi connectivity index (χ3n) is 8.33. The van der Waals surface area contributed by atoms with Gasteiger partial charge < -0.3 is 9.31 Å². The molecule has 4 heterocycles. The predicted octanol–water partition coefficient (Wildman–Crippen LogP) is 16.6. The molecule has 0 aliphatic carbocycles. The Kier molecular flexibility index (Phi) is 19.8. The van der Waals surface area contributed by atoms with Crippen molar-refractivity contribution in [2.75, 3.05) is 0 Å². The molecule has 0 spiro atoms. The van der Waals surface area contributed by atoms with Crippen molar-refractivity contribution >= 4 is 46.5 Å². The summed E-state index contributed by atoms with van der Waals surface area (Å²) in [5.74, 6) is 1.76. The molecule has 316 valence electrons. The van der Waals surface area contributed by atoms with Gasteiger partial charge in [-0.1, -0.05) is 220 Å². The summed E-state index contributed by atoms with van der Waals surface area (Å²) in [5.41, 5.74) is 13.9. The third-order valence-corrected chi connectivity index (χ3v) is 11.0. The average Bonchev–Trinajstić information content (AvgIpc) is 3.26. The Morgan fingerprint density at radius 1 is 0.333 bits per heavy atom. The number of para-hydroxylation sites is 2. The first-order chi connectivity index (χ1) is 28.8. The quantitative estimate of drug-likeness (QED) is 0.142. The van der Waals surface area contributed by atoms with E-state index in [0.29, 0.717) is 16.1 Å². The number of benzene rings is 6. The summed E-state index contributed by atoms with van der Waals surface area (Å²) in [6.07, 6.45) is 0. The van der Waals surface area contributed by atoms with Gasteiger partial charge in [0, 0.05) is 26.4 Å². The minimum absolute atomic E-state index is 0.360. The van der Waals surface area contributed by atoms with Gasteiger partial charge in [0.05, 0.1) is 0 Å². The van der Waals surface area contributed by atoms with Crippen molar-refractivity contribution in [1.29, 1.82) is 0 Å². The predicted molar refractivity (Wildman–Crippen MR) is 274 cm³/mol. The highest BCUT2D eigenvalue weighted by molar-refractivity contribution is 8.56. The van der Waals surface area contributed by atoms with Crippen LogP contribution in [-0.4, -0.2) is 12.4 Å². The lowest BCUT2D eigenvalue weighted by molar-refractivity contribution is 0.436. The molecule has 0 N–H and O–H groups in total. The van der Waals surface area contributed by atoms with Gasteiger partial charge in [-0.25, -0.2) is 0 Å². The summed E-state index contributed by atoms with van der Waals surface area (Å²) in [4.78, 5) is 2.80. The maximum absolute atomic E-state index is 6.07. The molecular formula is C54H70B2O2S2. The Hall–Kier alpha value is -4.25. The minimum atomic E-state index is -0.360. The number of hydrogen-bond acceptors (Lipinski definition) is 4. The maximum atomic E-state index is 6.07. The van der Waals surface area contributed by atoms with E-state index in [-0.39, 0.29) is 7.12 Å². The van der Waals surface area contributed by atoms with Gasteiger partial charge in [0.2, 0.25) is 0 Å². The van der Waals surface area contributed by atoms with Crippen LogP contribution < -0.4 is 20.2 Å². The smallest absolute Gasteiger partial charge is 0.521 e. The number of fused-ring (bicyclic) bond motifs is 8. The SMILES string of the molecule is CC.CC.CC.CC.CC(C)(C)C.CC(C)(C)C.c1ccc2c(c1)OB1Oc3ccccc3-c3cccc-2c31.c1ccc2c(c1)SB1Sc3ccccc3-c3cccc-2c31. The van der Waals surface area contributed by atoms with Crippen LogP contribution in [0.1, 0.15) is 111 Å². The lowest BCUT2D eigenvalue weighted by atomic mass is 9.66. The number of hydrogen-bond donors (Lipinski definition) is 0. The van der Waals surface area contributed by atoms with Crippen LogP contribution >= 0.6 is 23.2 Å². The fourth-order valence-corrected chi connectivity index (χ4v) is 9.43. The molecule has 60 heavy (non-hydrogen) atoms. The number of rotatable bonds is 0. The van der Waals surface area contributed by atoms with Crippen LogP contribution in [0.25, 0.3) is 44.5 Å². The van der Waals surface area contributed by atoms with Crippen molar-refractivity contribution in [3.8, 4) is 56.0 Å². The van der Waals surface area contributed by atoms with Crippen LogP contribution in [0.4, 0.5) is 0 Å². The second-order valence-electron chi connectivity index (χ2n) is 16.7. The Morgan fingerprint density at radius 2 is 0.600 bits per heavy atom. The first kappa shape index (κ1) is 50.1. The molecule has 0 saturated carbocycles. The molecule has 0 saturated heterocycles. The zero-order chi connectivity index (χ0) is 44.6. The molecule has 4 aliphatic rings. The molecule has 0 amide bonds. The van der Waals surface area contributed by atoms with E-state index >= 15 is 0 Å². The van der Waals surface area contributed by atoms with E-state index in [1.54, 1.807) is 0 Å². The maximum Gasteiger partial charge on any atom is 0.633 e. The van der Waals surface area contributed by atoms with Gasteiger partial charge in [0.25, 0.3) is 0 Å². The Morgan fingerprint density at radius 3 is 0.950 bits per heavy atom. The van der Waals surface area contributed by atoms with Crippen LogP contribution in [0, 0.1) is 10.8 Å². The molecule has 4 aliphatic heterocycles. The van der Waals surface area contributed by atoms with Crippen LogP contribution in [0.15, 0.2) is 143 Å². The van der Waals surface area contributed by atoms with Crippen molar-refractivity contribution in [1.82, 2.24) is 0 Å². The second-order valence-corrected chi connectivity index (χ2v) is 19.2. The van der Waals surface area contributed by atoms with Gasteiger partial charge in [-0.05, 0) is 73.9 Å².